The number of halogens is 6. The molecule has 3 fully saturated rings. The maximum absolute atomic E-state index is 13.4. The molecule has 9 aromatic rings. The number of allylic oxidation sites excluding steroid dienone is 1. The van der Waals surface area contributed by atoms with Crippen molar-refractivity contribution >= 4 is 70.0 Å². The molecule has 0 spiro atoms. The molecule has 29 heteroatoms. The van der Waals surface area contributed by atoms with Crippen molar-refractivity contribution < 1.29 is 50.3 Å². The second kappa shape index (κ2) is 38.4. The molecule has 12 rings (SSSR count). The van der Waals surface area contributed by atoms with Crippen LogP contribution in [0.3, 0.4) is 0 Å². The maximum Gasteiger partial charge on any atom is 0.418 e. The molecule has 0 aliphatic carbocycles. The molecule has 0 radical (unpaired) electrons. The topological polar surface area (TPSA) is 333 Å². The zero-order valence-electron chi connectivity index (χ0n) is 61.5. The lowest BCUT2D eigenvalue weighted by Crippen LogP contribution is -2.51. The standard InChI is InChI=1S/C25H26N4O.C23H32N4O.C18H20F3N5O.C14H12F3N5O2/c1-3-8-20-12-13-23(28-24(20)25(30)21-11-7-14-26-18(21)2)29-16-15-27-22(17-29)19-9-5-4-6-10-19;1-5-7-18-9-10-21(27-13-12-25-19(15-27)14-16(2)3)26-22(18)23(28)20-8-6-11-24-17(20)4;19-18(20,21)13-5-6-14(25-10-11-3-1-7-23-9-11)26-15(13)16(27)12-4-2-8-24-17(12)22;15-14(16,17)8-3-4-10(21-6-9(18)23)22-11(8)12(24)7-2-1-5-20-13(7)19/h3-14,22,27H,15-17H2,1-2H3;6,8-11,16,19,25H,5,7,12-15H2,1-4H3;2,4-6,8,11,23H,1,3,7,9-10H2,(H2,22,24)(H,25,26);1-5H,6H2,(H2,18,23)(H2,19,20)(H,21,22)/b8-3+;;;/t;19-;;/m.0../s1. The Labute approximate surface area is 628 Å². The van der Waals surface area contributed by atoms with Crippen LogP contribution in [0.4, 0.5) is 61.2 Å². The van der Waals surface area contributed by atoms with Crippen LogP contribution in [0.2, 0.25) is 0 Å². The number of primary amides is 1. The molecule has 109 heavy (non-hydrogen) atoms. The summed E-state index contributed by atoms with van der Waals surface area (Å²) in [5.41, 5.74) is 18.8. The highest BCUT2D eigenvalue weighted by atomic mass is 19.4. The Bertz CT molecular complexity index is 4650. The number of nitrogens with one attached hydrogen (secondary N) is 5. The summed E-state index contributed by atoms with van der Waals surface area (Å²) in [4.78, 5) is 100. The van der Waals surface area contributed by atoms with Gasteiger partial charge < -0.3 is 53.6 Å². The van der Waals surface area contributed by atoms with Gasteiger partial charge >= 0.3 is 12.4 Å². The average Bonchev–Trinajstić information content (AvgIpc) is 0.806. The van der Waals surface area contributed by atoms with Crippen molar-refractivity contribution in [1.82, 2.24) is 55.8 Å². The van der Waals surface area contributed by atoms with Gasteiger partial charge in [-0.15, -0.1) is 0 Å². The predicted octanol–water partition coefficient (Wildman–Crippen LogP) is 11.9. The number of piperidine rings is 1. The molecule has 3 saturated heterocycles. The highest BCUT2D eigenvalue weighted by molar-refractivity contribution is 6.13. The van der Waals surface area contributed by atoms with Crippen LogP contribution in [0.15, 0.2) is 158 Å². The minimum absolute atomic E-state index is 0.0234. The van der Waals surface area contributed by atoms with E-state index in [0.29, 0.717) is 58.7 Å². The Hall–Kier alpha value is -11.4. The molecule has 0 saturated carbocycles. The van der Waals surface area contributed by atoms with Gasteiger partial charge in [-0.05, 0) is 174 Å². The van der Waals surface area contributed by atoms with Gasteiger partial charge in [0.25, 0.3) is 0 Å². The van der Waals surface area contributed by atoms with Gasteiger partial charge in [0.15, 0.2) is 0 Å². The van der Waals surface area contributed by atoms with Crippen LogP contribution in [-0.4, -0.2) is 140 Å². The smallest absolute Gasteiger partial charge is 0.383 e. The first-order chi connectivity index (χ1) is 52.2. The fraction of sp³-hybridized carbons (Fsp3) is 0.338. The van der Waals surface area contributed by atoms with Crippen LogP contribution in [0.25, 0.3) is 6.08 Å². The van der Waals surface area contributed by atoms with E-state index in [1.807, 2.05) is 69.3 Å². The number of hydrogen-bond acceptors (Lipinski definition) is 22. The van der Waals surface area contributed by atoms with Gasteiger partial charge in [-0.3, -0.25) is 33.9 Å². The summed E-state index contributed by atoms with van der Waals surface area (Å²) in [6, 6.07) is 35.7. The first kappa shape index (κ1) is 81.6. The number of rotatable bonds is 22. The normalized spacial score (nSPS) is 15.8. The Morgan fingerprint density at radius 2 is 1.10 bits per heavy atom. The second-order valence-corrected chi connectivity index (χ2v) is 26.7. The van der Waals surface area contributed by atoms with Crippen LogP contribution in [0, 0.1) is 25.7 Å². The van der Waals surface area contributed by atoms with Crippen LogP contribution in [0.5, 0.6) is 0 Å². The van der Waals surface area contributed by atoms with Crippen LogP contribution in [0.1, 0.15) is 163 Å². The zero-order chi connectivity index (χ0) is 78.4. The Kier molecular flexibility index (Phi) is 28.8. The van der Waals surface area contributed by atoms with E-state index in [9.17, 15) is 50.3 Å². The molecule has 572 valence electrons. The second-order valence-electron chi connectivity index (χ2n) is 26.7. The van der Waals surface area contributed by atoms with Gasteiger partial charge in [0, 0.05) is 111 Å². The van der Waals surface area contributed by atoms with E-state index >= 15 is 0 Å². The number of nitrogens with two attached hydrogens (primary N) is 3. The maximum atomic E-state index is 13.4. The van der Waals surface area contributed by atoms with E-state index in [4.69, 9.17) is 27.2 Å². The third kappa shape index (κ3) is 22.4. The van der Waals surface area contributed by atoms with Crippen molar-refractivity contribution in [3.8, 4) is 0 Å². The van der Waals surface area contributed by atoms with Crippen molar-refractivity contribution in [1.29, 1.82) is 0 Å². The first-order valence-corrected chi connectivity index (χ1v) is 35.9. The molecule has 11 heterocycles. The van der Waals surface area contributed by atoms with Crippen molar-refractivity contribution in [3.63, 3.8) is 0 Å². The quantitative estimate of drug-likeness (QED) is 0.0231. The first-order valence-electron chi connectivity index (χ1n) is 35.9. The van der Waals surface area contributed by atoms with E-state index in [2.05, 4.69) is 123 Å². The van der Waals surface area contributed by atoms with E-state index in [1.165, 1.54) is 48.3 Å². The van der Waals surface area contributed by atoms with Crippen molar-refractivity contribution in [2.45, 2.75) is 98.1 Å². The lowest BCUT2D eigenvalue weighted by Gasteiger charge is -2.35. The molecule has 2 unspecified atom stereocenters. The van der Waals surface area contributed by atoms with Crippen molar-refractivity contribution in [2.24, 2.45) is 17.6 Å². The van der Waals surface area contributed by atoms with Gasteiger partial charge in [0.1, 0.15) is 57.7 Å². The summed E-state index contributed by atoms with van der Waals surface area (Å²) in [5, 5.41) is 15.9. The predicted molar refractivity (Wildman–Crippen MR) is 409 cm³/mol. The van der Waals surface area contributed by atoms with Crippen molar-refractivity contribution in [2.75, 3.05) is 97.3 Å². The highest BCUT2D eigenvalue weighted by Gasteiger charge is 2.39. The van der Waals surface area contributed by atoms with Gasteiger partial charge in [0.2, 0.25) is 29.0 Å². The summed E-state index contributed by atoms with van der Waals surface area (Å²) >= 11 is 0. The molecule has 23 nitrogen and oxygen atoms in total. The Balaban J connectivity index is 0.000000168. The molecule has 8 aromatic heterocycles. The number of amides is 1. The fourth-order valence-corrected chi connectivity index (χ4v) is 12.7. The van der Waals surface area contributed by atoms with Gasteiger partial charge in [-0.25, -0.2) is 29.9 Å². The number of benzene rings is 1. The number of aryl methyl sites for hydroxylation is 3. The van der Waals surface area contributed by atoms with Crippen LogP contribution >= 0.6 is 0 Å². The fourth-order valence-electron chi connectivity index (χ4n) is 12.7. The molecule has 3 aliphatic heterocycles. The number of hydrogen-bond donors (Lipinski definition) is 8. The van der Waals surface area contributed by atoms with Gasteiger partial charge in [0.05, 0.1) is 28.8 Å². The number of anilines is 6. The summed E-state index contributed by atoms with van der Waals surface area (Å²) < 4.78 is 79.5. The minimum Gasteiger partial charge on any atom is -0.383 e. The lowest BCUT2D eigenvalue weighted by atomic mass is 9.99. The largest absolute Gasteiger partial charge is 0.418 e. The third-order valence-corrected chi connectivity index (χ3v) is 18.1. The molecular weight excluding hydrogens is 1410 g/mol. The number of nitrogen functional groups attached to an aromatic ring is 2. The number of ketones is 4. The number of alkyl halides is 6. The molecule has 1 amide bonds. The number of carbonyl (C=O) groups is 5. The van der Waals surface area contributed by atoms with E-state index in [-0.39, 0.29) is 58.6 Å². The third-order valence-electron chi connectivity index (χ3n) is 18.1. The number of carbonyl (C=O) groups excluding carboxylic acids is 5. The Morgan fingerprint density at radius 1 is 0.587 bits per heavy atom. The van der Waals surface area contributed by atoms with Gasteiger partial charge in [-0.1, -0.05) is 75.7 Å². The van der Waals surface area contributed by atoms with E-state index < -0.39 is 52.3 Å². The zero-order valence-corrected chi connectivity index (χ0v) is 61.5. The summed E-state index contributed by atoms with van der Waals surface area (Å²) in [7, 11) is 0. The minimum atomic E-state index is -4.79. The summed E-state index contributed by atoms with van der Waals surface area (Å²) in [6.07, 6.45) is 5.50. The molecule has 0 bridgehead atoms. The van der Waals surface area contributed by atoms with E-state index in [0.717, 1.165) is 125 Å². The van der Waals surface area contributed by atoms with E-state index in [1.54, 1.807) is 18.5 Å². The summed E-state index contributed by atoms with van der Waals surface area (Å²) in [6.45, 7) is 19.6. The number of nitrogens with zero attached hydrogens (tertiary/aromatic N) is 10. The molecule has 3 aliphatic rings. The van der Waals surface area contributed by atoms with Crippen LogP contribution in [-0.2, 0) is 23.6 Å². The monoisotopic (exact) mass is 1500 g/mol. The number of pyridine rings is 8. The number of piperazine rings is 2. The lowest BCUT2D eigenvalue weighted by molar-refractivity contribution is -0.138. The number of aromatic nitrogens is 8. The molecule has 1 aromatic carbocycles. The average molecular weight is 1500 g/mol. The molecule has 11 N–H and O–H groups in total. The summed E-state index contributed by atoms with van der Waals surface area (Å²) in [5.74, 6) is -0.277. The van der Waals surface area contributed by atoms with Gasteiger partial charge in [-0.2, -0.15) is 26.3 Å². The molecular formula is C80H90F6N18O5. The Morgan fingerprint density at radius 3 is 1.61 bits per heavy atom. The highest BCUT2D eigenvalue weighted by Crippen LogP contribution is 2.36. The van der Waals surface area contributed by atoms with Crippen LogP contribution < -0.4 is 53.6 Å². The SMILES string of the molecule is C/C=C/c1ccc(N2CCNC(c3ccccc3)C2)nc1C(=O)c1cccnc1C.CCCc1ccc(N2CCN[C@@H](CC(C)C)C2)nc1C(=O)c1cccnc1C.NC(=O)CNc1ccc(C(F)(F)F)c(C(=O)c2cccnc2N)n1.Nc1ncccc1C(=O)c1nc(NCC2CCCNC2)ccc1C(F)(F)F. The molecule has 3 atom stereocenters. The van der Waals surface area contributed by atoms with Crippen molar-refractivity contribution in [3.05, 3.63) is 242 Å².